The molecule has 1 aliphatic carbocycles. The smallest absolute Gasteiger partial charge is 0.238 e. The van der Waals surface area contributed by atoms with Gasteiger partial charge in [-0.2, -0.15) is 0 Å². The first-order valence-corrected chi connectivity index (χ1v) is 7.52. The molecule has 1 saturated heterocycles. The Morgan fingerprint density at radius 1 is 1.30 bits per heavy atom. The van der Waals surface area contributed by atoms with Crippen LogP contribution in [-0.2, 0) is 9.53 Å². The highest BCUT2D eigenvalue weighted by Gasteiger charge is 2.43. The van der Waals surface area contributed by atoms with E-state index in [-0.39, 0.29) is 17.1 Å². The number of carbonyl (C=O) groups is 1. The minimum atomic E-state index is -0.662. The number of morpholine rings is 1. The van der Waals surface area contributed by atoms with Gasteiger partial charge in [-0.05, 0) is 47.5 Å². The van der Waals surface area contributed by atoms with Crippen LogP contribution >= 0.6 is 0 Å². The lowest BCUT2D eigenvalue weighted by atomic mass is 9.94. The summed E-state index contributed by atoms with van der Waals surface area (Å²) in [6.45, 7) is 12.6. The van der Waals surface area contributed by atoms with Gasteiger partial charge in [0.15, 0.2) is 0 Å². The van der Waals surface area contributed by atoms with E-state index in [0.29, 0.717) is 12.6 Å². The Kier molecular flexibility index (Phi) is 3.91. The van der Waals surface area contributed by atoms with Crippen molar-refractivity contribution in [3.63, 3.8) is 0 Å². The number of hydrogen-bond acceptors (Lipinski definition) is 4. The summed E-state index contributed by atoms with van der Waals surface area (Å²) < 4.78 is 6.08. The Morgan fingerprint density at radius 3 is 2.20 bits per heavy atom. The van der Waals surface area contributed by atoms with Crippen LogP contribution in [0.4, 0.5) is 0 Å². The van der Waals surface area contributed by atoms with Crippen molar-refractivity contribution in [2.45, 2.75) is 70.2 Å². The molecule has 0 aromatic heterocycles. The normalized spacial score (nSPS) is 28.9. The lowest BCUT2D eigenvalue weighted by Crippen LogP contribution is -2.65. The molecule has 0 bridgehead atoms. The molecule has 0 spiro atoms. The molecule has 1 atom stereocenters. The maximum absolute atomic E-state index is 11.9. The number of ether oxygens (including phenoxy) is 1. The summed E-state index contributed by atoms with van der Waals surface area (Å²) in [5, 5.41) is 3.41. The second kappa shape index (κ2) is 4.97. The van der Waals surface area contributed by atoms with Gasteiger partial charge in [0.1, 0.15) is 5.54 Å². The van der Waals surface area contributed by atoms with Crippen LogP contribution in [0.1, 0.15) is 47.5 Å². The predicted molar refractivity (Wildman–Crippen MR) is 79.4 cm³/mol. The molecule has 0 aromatic carbocycles. The van der Waals surface area contributed by atoms with E-state index in [1.807, 2.05) is 6.92 Å². The van der Waals surface area contributed by atoms with Crippen LogP contribution in [0.15, 0.2) is 0 Å². The average Bonchev–Trinajstić information content (AvgIpc) is 2.95. The van der Waals surface area contributed by atoms with Crippen LogP contribution in [0.3, 0.4) is 0 Å². The Labute approximate surface area is 122 Å². The molecule has 2 aliphatic rings. The highest BCUT2D eigenvalue weighted by Crippen LogP contribution is 2.30. The van der Waals surface area contributed by atoms with Crippen LogP contribution in [0.2, 0.25) is 0 Å². The van der Waals surface area contributed by atoms with Crippen LogP contribution in [0, 0.1) is 0 Å². The van der Waals surface area contributed by atoms with E-state index in [2.05, 4.69) is 37.9 Å². The molecular weight excluding hydrogens is 254 g/mol. The van der Waals surface area contributed by atoms with Gasteiger partial charge in [0.2, 0.25) is 5.91 Å². The number of rotatable bonds is 5. The Bertz CT molecular complexity index is 375. The fourth-order valence-corrected chi connectivity index (χ4v) is 3.38. The number of nitrogens with two attached hydrogens (primary N) is 1. The number of amides is 1. The molecule has 1 aliphatic heterocycles. The highest BCUT2D eigenvalue weighted by atomic mass is 16.5. The van der Waals surface area contributed by atoms with E-state index in [9.17, 15) is 4.79 Å². The van der Waals surface area contributed by atoms with Crippen molar-refractivity contribution >= 4 is 5.91 Å². The van der Waals surface area contributed by atoms with E-state index in [0.717, 1.165) is 25.9 Å². The quantitative estimate of drug-likeness (QED) is 0.786. The van der Waals surface area contributed by atoms with Crippen molar-refractivity contribution in [3.8, 4) is 0 Å². The molecule has 1 saturated carbocycles. The summed E-state index contributed by atoms with van der Waals surface area (Å²) in [7, 11) is 0. The van der Waals surface area contributed by atoms with Crippen molar-refractivity contribution < 1.29 is 9.53 Å². The van der Waals surface area contributed by atoms with Gasteiger partial charge < -0.3 is 10.5 Å². The number of nitrogens with one attached hydrogen (secondary N) is 1. The number of carbonyl (C=O) groups excluding carboxylic acids is 1. The molecule has 5 heteroatoms. The number of hydrogen-bond donors (Lipinski definition) is 2. The lowest BCUT2D eigenvalue weighted by Gasteiger charge is -2.49. The minimum Gasteiger partial charge on any atom is -0.368 e. The summed E-state index contributed by atoms with van der Waals surface area (Å²) in [5.41, 5.74) is 4.56. The molecule has 0 radical (unpaired) electrons. The molecule has 5 nitrogen and oxygen atoms in total. The van der Waals surface area contributed by atoms with E-state index >= 15 is 0 Å². The van der Waals surface area contributed by atoms with Gasteiger partial charge in [-0.25, -0.2) is 0 Å². The molecule has 1 unspecified atom stereocenters. The van der Waals surface area contributed by atoms with Crippen LogP contribution in [-0.4, -0.2) is 53.2 Å². The summed E-state index contributed by atoms with van der Waals surface area (Å²) in [4.78, 5) is 14.2. The molecule has 3 N–H and O–H groups in total. The van der Waals surface area contributed by atoms with E-state index < -0.39 is 5.54 Å². The van der Waals surface area contributed by atoms with Gasteiger partial charge in [-0.1, -0.05) is 0 Å². The molecule has 2 rings (SSSR count). The second-order valence-electron chi connectivity index (χ2n) is 7.88. The van der Waals surface area contributed by atoms with Crippen LogP contribution in [0.5, 0.6) is 0 Å². The minimum absolute atomic E-state index is 0.208. The zero-order chi connectivity index (χ0) is 15.2. The molecule has 2 fully saturated rings. The van der Waals surface area contributed by atoms with E-state index in [4.69, 9.17) is 10.5 Å². The van der Waals surface area contributed by atoms with Crippen molar-refractivity contribution in [1.82, 2.24) is 10.2 Å². The first-order chi connectivity index (χ1) is 9.01. The van der Waals surface area contributed by atoms with Gasteiger partial charge in [-0.15, -0.1) is 0 Å². The second-order valence-corrected chi connectivity index (χ2v) is 7.88. The fourth-order valence-electron chi connectivity index (χ4n) is 3.38. The zero-order valence-corrected chi connectivity index (χ0v) is 13.5. The predicted octanol–water partition coefficient (Wildman–Crippen LogP) is 0.872. The molecule has 1 heterocycles. The summed E-state index contributed by atoms with van der Waals surface area (Å²) in [5.74, 6) is -0.272. The van der Waals surface area contributed by atoms with Gasteiger partial charge in [0.25, 0.3) is 0 Å². The van der Waals surface area contributed by atoms with E-state index in [1.165, 1.54) is 0 Å². The molecule has 0 aromatic rings. The first-order valence-electron chi connectivity index (χ1n) is 7.52. The van der Waals surface area contributed by atoms with Crippen LogP contribution in [0.25, 0.3) is 0 Å². The molecule has 116 valence electrons. The number of nitrogens with zero attached hydrogens (tertiary/aromatic N) is 1. The molecule has 20 heavy (non-hydrogen) atoms. The van der Waals surface area contributed by atoms with Crippen molar-refractivity contribution in [2.24, 2.45) is 5.73 Å². The number of primary amides is 1. The van der Waals surface area contributed by atoms with Gasteiger partial charge in [0.05, 0.1) is 11.2 Å². The summed E-state index contributed by atoms with van der Waals surface area (Å²) >= 11 is 0. The maximum atomic E-state index is 11.9. The molecular formula is C15H29N3O2. The third-order valence-corrected chi connectivity index (χ3v) is 3.95. The first kappa shape index (κ1) is 15.7. The topological polar surface area (TPSA) is 67.6 Å². The van der Waals surface area contributed by atoms with Gasteiger partial charge in [-0.3, -0.25) is 15.0 Å². The standard InChI is InChI=1S/C15H29N3O2/c1-13(2)8-18(9-14(3,4)20-13)10-15(5,12(16)19)17-11-6-7-11/h11,17H,6-10H2,1-5H3,(H2,16,19). The zero-order valence-electron chi connectivity index (χ0n) is 13.5. The van der Waals surface area contributed by atoms with Crippen LogP contribution < -0.4 is 11.1 Å². The Morgan fingerprint density at radius 2 is 1.80 bits per heavy atom. The summed E-state index contributed by atoms with van der Waals surface area (Å²) in [6.07, 6.45) is 2.28. The fraction of sp³-hybridized carbons (Fsp3) is 0.933. The largest absolute Gasteiger partial charge is 0.368 e. The maximum Gasteiger partial charge on any atom is 0.238 e. The van der Waals surface area contributed by atoms with E-state index in [1.54, 1.807) is 0 Å². The third-order valence-electron chi connectivity index (χ3n) is 3.95. The monoisotopic (exact) mass is 283 g/mol. The average molecular weight is 283 g/mol. The highest BCUT2D eigenvalue weighted by molar-refractivity contribution is 5.84. The lowest BCUT2D eigenvalue weighted by molar-refractivity contribution is -0.183. The SMILES string of the molecule is CC1(C)CN(CC(C)(NC2CC2)C(N)=O)CC(C)(C)O1. The van der Waals surface area contributed by atoms with Gasteiger partial charge >= 0.3 is 0 Å². The van der Waals surface area contributed by atoms with Crippen molar-refractivity contribution in [3.05, 3.63) is 0 Å². The molecule has 1 amide bonds. The Hall–Kier alpha value is -0.650. The van der Waals surface area contributed by atoms with Crippen molar-refractivity contribution in [2.75, 3.05) is 19.6 Å². The van der Waals surface area contributed by atoms with Gasteiger partial charge in [0, 0.05) is 25.7 Å². The third kappa shape index (κ3) is 3.93. The van der Waals surface area contributed by atoms with Crippen molar-refractivity contribution in [1.29, 1.82) is 0 Å². The Balaban J connectivity index is 2.07. The summed E-state index contributed by atoms with van der Waals surface area (Å²) in [6, 6.07) is 0.453.